The molecule has 0 spiro atoms. The fourth-order valence-electron chi connectivity index (χ4n) is 2.06. The molecule has 0 saturated heterocycles. The molecule has 2 N–H and O–H groups in total. The molecule has 1 aliphatic rings. The minimum Gasteiger partial charge on any atom is -0.396 e. The molecule has 0 amide bonds. The van der Waals surface area contributed by atoms with E-state index in [0.717, 1.165) is 4.74 Å². The van der Waals surface area contributed by atoms with Gasteiger partial charge in [-0.05, 0) is 18.6 Å². The fourth-order valence-corrected chi connectivity index (χ4v) is 4.30. The first-order chi connectivity index (χ1) is 7.96. The Morgan fingerprint density at radius 2 is 2.00 bits per heavy atom. The van der Waals surface area contributed by atoms with E-state index in [1.807, 2.05) is 0 Å². The summed E-state index contributed by atoms with van der Waals surface area (Å²) in [5.41, 5.74) is 0. The highest BCUT2D eigenvalue weighted by Gasteiger charge is 2.65. The lowest BCUT2D eigenvalue weighted by molar-refractivity contribution is -0.805. The van der Waals surface area contributed by atoms with Crippen LogP contribution < -0.4 is 0 Å². The summed E-state index contributed by atoms with van der Waals surface area (Å²) in [5, 5.41) is 18.0. The summed E-state index contributed by atoms with van der Waals surface area (Å²) < 4.78 is 24.1. The second-order valence-corrected chi connectivity index (χ2v) is 6.49. The minimum absolute atomic E-state index is 0.186. The zero-order chi connectivity index (χ0) is 13.1. The van der Waals surface area contributed by atoms with E-state index in [4.69, 9.17) is 9.05 Å². The Morgan fingerprint density at radius 3 is 2.41 bits per heavy atom. The average molecular weight is 266 g/mol. The summed E-state index contributed by atoms with van der Waals surface area (Å²) >= 11 is 0. The second kappa shape index (κ2) is 5.48. The van der Waals surface area contributed by atoms with Gasteiger partial charge in [0.1, 0.15) is 0 Å². The quantitative estimate of drug-likeness (QED) is 0.432. The van der Waals surface area contributed by atoms with Crippen LogP contribution in [0.4, 0.5) is 0 Å². The van der Waals surface area contributed by atoms with Gasteiger partial charge in [0.25, 0.3) is 0 Å². The molecule has 0 aliphatic carbocycles. The highest BCUT2D eigenvalue weighted by molar-refractivity contribution is 7.55. The van der Waals surface area contributed by atoms with Crippen LogP contribution in [0.15, 0.2) is 0 Å². The highest BCUT2D eigenvalue weighted by atomic mass is 31.2. The van der Waals surface area contributed by atoms with Crippen molar-refractivity contribution in [3.8, 4) is 0 Å². The van der Waals surface area contributed by atoms with Crippen LogP contribution in [0.25, 0.3) is 0 Å². The average Bonchev–Trinajstić information content (AvgIpc) is 2.57. The van der Waals surface area contributed by atoms with Crippen molar-refractivity contribution in [2.24, 2.45) is 5.92 Å². The molecule has 2 atom stereocenters. The van der Waals surface area contributed by atoms with Crippen LogP contribution in [0.5, 0.6) is 0 Å². The Labute approximate surface area is 101 Å². The van der Waals surface area contributed by atoms with Gasteiger partial charge in [-0.15, -0.1) is 0 Å². The van der Waals surface area contributed by atoms with E-state index in [2.05, 4.69) is 0 Å². The van der Waals surface area contributed by atoms with Crippen molar-refractivity contribution in [1.82, 2.24) is 0 Å². The highest BCUT2D eigenvalue weighted by Crippen LogP contribution is 2.64. The van der Waals surface area contributed by atoms with Crippen molar-refractivity contribution < 1.29 is 28.7 Å². The van der Waals surface area contributed by atoms with Gasteiger partial charge in [0, 0.05) is 13.3 Å². The number of rotatable bonds is 6. The molecule has 1 aliphatic heterocycles. The molecule has 1 rings (SSSR count). The molecule has 0 aromatic heterocycles. The van der Waals surface area contributed by atoms with Gasteiger partial charge in [-0.25, -0.2) is 0 Å². The molecule has 100 valence electrons. The van der Waals surface area contributed by atoms with Crippen molar-refractivity contribution in [3.63, 3.8) is 0 Å². The van der Waals surface area contributed by atoms with Crippen LogP contribution in [0.1, 0.15) is 27.2 Å². The number of hydrogen-bond acceptors (Lipinski definition) is 5. The molecule has 0 fully saturated rings. The van der Waals surface area contributed by atoms with E-state index in [1.54, 1.807) is 20.8 Å². The fraction of sp³-hybridized carbons (Fsp3) is 0.900. The van der Waals surface area contributed by atoms with Crippen LogP contribution in [-0.2, 0) is 13.6 Å². The van der Waals surface area contributed by atoms with E-state index < -0.39 is 12.9 Å². The molecule has 0 aromatic carbocycles. The summed E-state index contributed by atoms with van der Waals surface area (Å²) in [4.78, 5) is 0. The largest absolute Gasteiger partial charge is 0.405 e. The summed E-state index contributed by atoms with van der Waals surface area (Å²) in [6.45, 7) is 5.27. The number of nitrogens with zero attached hydrogens (tertiary/aromatic N) is 1. The first-order valence-electron chi connectivity index (χ1n) is 5.77. The van der Waals surface area contributed by atoms with E-state index in [0.29, 0.717) is 6.42 Å². The Kier molecular flexibility index (Phi) is 4.72. The van der Waals surface area contributed by atoms with Gasteiger partial charge in [-0.3, -0.25) is 9.77 Å². The van der Waals surface area contributed by atoms with Gasteiger partial charge in [0.2, 0.25) is 0 Å². The molecule has 0 aromatic rings. The number of hydrogen-bond donors (Lipinski definition) is 2. The SMILES string of the molecule is CCOP(=O)(OCC)[C@]1(C)[C@@H](CO)CC=[N+]1O. The van der Waals surface area contributed by atoms with E-state index in [-0.39, 0.29) is 25.7 Å². The number of aliphatic hydroxyl groups is 1. The van der Waals surface area contributed by atoms with Crippen molar-refractivity contribution in [1.29, 1.82) is 0 Å². The van der Waals surface area contributed by atoms with Crippen LogP contribution >= 0.6 is 7.60 Å². The smallest absolute Gasteiger partial charge is 0.396 e. The molecular formula is C10H21NO5P+. The third-order valence-electron chi connectivity index (χ3n) is 3.17. The Morgan fingerprint density at radius 1 is 1.47 bits per heavy atom. The molecular weight excluding hydrogens is 245 g/mol. The summed E-state index contributed by atoms with van der Waals surface area (Å²) in [7, 11) is -3.52. The second-order valence-electron chi connectivity index (χ2n) is 4.07. The first-order valence-corrected chi connectivity index (χ1v) is 7.32. The van der Waals surface area contributed by atoms with Gasteiger partial charge in [-0.2, -0.15) is 0 Å². The van der Waals surface area contributed by atoms with E-state index in [1.165, 1.54) is 6.21 Å². The van der Waals surface area contributed by atoms with Gasteiger partial charge in [0.15, 0.2) is 6.21 Å². The van der Waals surface area contributed by atoms with Crippen LogP contribution in [0.2, 0.25) is 0 Å². The molecule has 0 bridgehead atoms. The van der Waals surface area contributed by atoms with Crippen molar-refractivity contribution >= 4 is 13.8 Å². The molecule has 1 heterocycles. The summed E-state index contributed by atoms with van der Waals surface area (Å²) in [6.07, 6.45) is 1.93. The normalized spacial score (nSPS) is 29.4. The zero-order valence-electron chi connectivity index (χ0n) is 10.5. The van der Waals surface area contributed by atoms with Crippen LogP contribution in [0.3, 0.4) is 0 Å². The van der Waals surface area contributed by atoms with E-state index >= 15 is 0 Å². The number of hydroxylamine groups is 1. The summed E-state index contributed by atoms with van der Waals surface area (Å²) in [6, 6.07) is 0. The Balaban J connectivity index is 3.14. The third-order valence-corrected chi connectivity index (χ3v) is 6.05. The zero-order valence-corrected chi connectivity index (χ0v) is 11.4. The van der Waals surface area contributed by atoms with Gasteiger partial charge in [0.05, 0.1) is 25.7 Å². The lowest BCUT2D eigenvalue weighted by atomic mass is 10.0. The molecule has 0 unspecified atom stereocenters. The predicted molar refractivity (Wildman–Crippen MR) is 62.6 cm³/mol. The van der Waals surface area contributed by atoms with Crippen molar-refractivity contribution in [2.45, 2.75) is 32.5 Å². The lowest BCUT2D eigenvalue weighted by Crippen LogP contribution is -2.42. The lowest BCUT2D eigenvalue weighted by Gasteiger charge is -2.30. The standard InChI is InChI=1S/C10H21NO5P/c1-4-15-17(14,16-5-2)10(3)9(8-12)6-7-11(10)13/h7,9,12-13H,4-6,8H2,1-3H3/q+1/t9-,10-/m1/s1. The Hall–Kier alpha value is -0.420. The molecule has 0 saturated carbocycles. The van der Waals surface area contributed by atoms with Gasteiger partial charge in [-0.1, -0.05) is 0 Å². The maximum absolute atomic E-state index is 12.7. The van der Waals surface area contributed by atoms with E-state index in [9.17, 15) is 14.9 Å². The van der Waals surface area contributed by atoms with Crippen molar-refractivity contribution in [2.75, 3.05) is 19.8 Å². The molecule has 0 radical (unpaired) electrons. The number of aliphatic hydroxyl groups excluding tert-OH is 1. The van der Waals surface area contributed by atoms with Gasteiger partial charge >= 0.3 is 12.9 Å². The molecule has 17 heavy (non-hydrogen) atoms. The monoisotopic (exact) mass is 266 g/mol. The third kappa shape index (κ3) is 2.27. The summed E-state index contributed by atoms with van der Waals surface area (Å²) in [5.74, 6) is -0.378. The predicted octanol–water partition coefficient (Wildman–Crippen LogP) is 1.45. The van der Waals surface area contributed by atoms with Crippen LogP contribution in [-0.4, -0.2) is 46.4 Å². The first kappa shape index (κ1) is 14.6. The maximum Gasteiger partial charge on any atom is 0.405 e. The molecule has 6 nitrogen and oxygen atoms in total. The maximum atomic E-state index is 12.7. The Bertz CT molecular complexity index is 336. The van der Waals surface area contributed by atoms with Gasteiger partial charge < -0.3 is 14.2 Å². The minimum atomic E-state index is -3.52. The molecule has 7 heteroatoms. The van der Waals surface area contributed by atoms with Crippen LogP contribution in [0, 0.1) is 5.92 Å². The topological polar surface area (TPSA) is 79.0 Å². The van der Waals surface area contributed by atoms with Crippen molar-refractivity contribution in [3.05, 3.63) is 0 Å².